The second-order valence-corrected chi connectivity index (χ2v) is 4.80. The zero-order valence-corrected chi connectivity index (χ0v) is 10.0. The molecule has 0 aliphatic carbocycles. The van der Waals surface area contributed by atoms with Crippen LogP contribution in [0.25, 0.3) is 0 Å². The molecule has 1 aliphatic heterocycles. The van der Waals surface area contributed by atoms with Crippen molar-refractivity contribution in [3.63, 3.8) is 0 Å². The van der Waals surface area contributed by atoms with Gasteiger partial charge in [0.15, 0.2) is 0 Å². The molecule has 17 heavy (non-hydrogen) atoms. The number of likely N-dealkylation sites (tertiary alicyclic amines) is 1. The summed E-state index contributed by atoms with van der Waals surface area (Å²) in [4.78, 5) is 16.9. The van der Waals surface area contributed by atoms with Gasteiger partial charge < -0.3 is 10.8 Å². The molecular weight excluding hydrogens is 242 g/mol. The van der Waals surface area contributed by atoms with E-state index in [1.54, 1.807) is 12.3 Å². The number of hydrogen-bond donors (Lipinski definition) is 2. The monoisotopic (exact) mass is 255 g/mol. The molecule has 2 heterocycles. The maximum absolute atomic E-state index is 11.0. The molecule has 0 aromatic carbocycles. The Bertz CT molecular complexity index is 440. The Morgan fingerprint density at radius 1 is 1.71 bits per heavy atom. The van der Waals surface area contributed by atoms with Crippen LogP contribution in [0, 0.1) is 0 Å². The number of halogens is 1. The maximum atomic E-state index is 11.0. The van der Waals surface area contributed by atoms with Gasteiger partial charge in [0.2, 0.25) is 0 Å². The largest absolute Gasteiger partial charge is 0.480 e. The summed E-state index contributed by atoms with van der Waals surface area (Å²) in [6.45, 7) is 1.69. The highest BCUT2D eigenvalue weighted by Crippen LogP contribution is 2.21. The van der Waals surface area contributed by atoms with E-state index in [-0.39, 0.29) is 0 Å². The summed E-state index contributed by atoms with van der Waals surface area (Å²) in [7, 11) is 0. The van der Waals surface area contributed by atoms with Crippen LogP contribution in [0.2, 0.25) is 5.15 Å². The van der Waals surface area contributed by atoms with Crippen LogP contribution in [0.15, 0.2) is 18.3 Å². The smallest absolute Gasteiger partial charge is 0.325 e. The number of pyridine rings is 1. The fourth-order valence-electron chi connectivity index (χ4n) is 2.02. The van der Waals surface area contributed by atoms with Gasteiger partial charge in [-0.25, -0.2) is 4.98 Å². The van der Waals surface area contributed by atoms with Gasteiger partial charge in [0.1, 0.15) is 10.7 Å². The molecule has 0 radical (unpaired) electrons. The second-order valence-electron chi connectivity index (χ2n) is 4.41. The molecule has 0 bridgehead atoms. The Labute approximate surface area is 104 Å². The molecule has 6 heteroatoms. The zero-order chi connectivity index (χ0) is 12.5. The summed E-state index contributed by atoms with van der Waals surface area (Å²) in [5.74, 6) is -0.937. The Morgan fingerprint density at radius 3 is 3.06 bits per heavy atom. The number of carboxylic acid groups (broad SMARTS) is 1. The summed E-state index contributed by atoms with van der Waals surface area (Å²) in [6, 6.07) is 3.64. The van der Waals surface area contributed by atoms with Crippen LogP contribution in [-0.2, 0) is 11.3 Å². The Balaban J connectivity index is 2.01. The molecule has 1 fully saturated rings. The fraction of sp³-hybridized carbons (Fsp3) is 0.455. The van der Waals surface area contributed by atoms with Crippen molar-refractivity contribution < 1.29 is 9.90 Å². The van der Waals surface area contributed by atoms with Crippen LogP contribution in [0.3, 0.4) is 0 Å². The van der Waals surface area contributed by atoms with Gasteiger partial charge in [-0.05, 0) is 24.1 Å². The van der Waals surface area contributed by atoms with E-state index in [1.807, 2.05) is 11.0 Å². The van der Waals surface area contributed by atoms with Crippen molar-refractivity contribution in [1.82, 2.24) is 9.88 Å². The van der Waals surface area contributed by atoms with Gasteiger partial charge in [-0.3, -0.25) is 9.69 Å². The number of carboxylic acids is 1. The second kappa shape index (κ2) is 4.60. The van der Waals surface area contributed by atoms with Crippen molar-refractivity contribution in [2.24, 2.45) is 5.73 Å². The third kappa shape index (κ3) is 2.74. The molecule has 5 nitrogen and oxygen atoms in total. The molecule has 1 atom stereocenters. The normalized spacial score (nSPS) is 25.1. The maximum Gasteiger partial charge on any atom is 0.325 e. The lowest BCUT2D eigenvalue weighted by atomic mass is 10.0. The first-order valence-corrected chi connectivity index (χ1v) is 5.72. The molecule has 0 amide bonds. The fourth-order valence-corrected chi connectivity index (χ4v) is 2.22. The highest BCUT2D eigenvalue weighted by atomic mass is 35.5. The SMILES string of the molecule is NC1(C(=O)O)CCN(Cc2ccnc(Cl)c2)C1. The summed E-state index contributed by atoms with van der Waals surface area (Å²) in [6.07, 6.45) is 2.11. The van der Waals surface area contributed by atoms with Gasteiger partial charge in [0.25, 0.3) is 0 Å². The number of rotatable bonds is 3. The van der Waals surface area contributed by atoms with Gasteiger partial charge in [-0.15, -0.1) is 0 Å². The lowest BCUT2D eigenvalue weighted by Crippen LogP contribution is -2.50. The Morgan fingerprint density at radius 2 is 2.47 bits per heavy atom. The molecule has 1 unspecified atom stereocenters. The standard InChI is InChI=1S/C11H14ClN3O2/c12-9-5-8(1-3-14-9)6-15-4-2-11(13,7-15)10(16)17/h1,3,5H,2,4,6-7,13H2,(H,16,17). The van der Waals surface area contributed by atoms with Gasteiger partial charge >= 0.3 is 5.97 Å². The van der Waals surface area contributed by atoms with E-state index in [0.717, 1.165) is 5.56 Å². The first-order valence-electron chi connectivity index (χ1n) is 5.35. The van der Waals surface area contributed by atoms with Crippen LogP contribution in [0.5, 0.6) is 0 Å². The van der Waals surface area contributed by atoms with Crippen LogP contribution >= 0.6 is 11.6 Å². The van der Waals surface area contributed by atoms with Crippen molar-refractivity contribution in [2.45, 2.75) is 18.5 Å². The average molecular weight is 256 g/mol. The van der Waals surface area contributed by atoms with Crippen LogP contribution < -0.4 is 5.73 Å². The number of nitrogens with zero attached hydrogens (tertiary/aromatic N) is 2. The minimum atomic E-state index is -1.11. The highest BCUT2D eigenvalue weighted by Gasteiger charge is 2.40. The highest BCUT2D eigenvalue weighted by molar-refractivity contribution is 6.29. The molecule has 92 valence electrons. The summed E-state index contributed by atoms with van der Waals surface area (Å²) in [5, 5.41) is 9.46. The summed E-state index contributed by atoms with van der Waals surface area (Å²) >= 11 is 5.79. The number of aromatic nitrogens is 1. The van der Waals surface area contributed by atoms with E-state index in [0.29, 0.717) is 31.2 Å². The Kier molecular flexibility index (Phi) is 3.33. The van der Waals surface area contributed by atoms with Crippen LogP contribution in [0.4, 0.5) is 0 Å². The van der Waals surface area contributed by atoms with Crippen LogP contribution in [-0.4, -0.2) is 39.6 Å². The van der Waals surface area contributed by atoms with Gasteiger partial charge in [-0.2, -0.15) is 0 Å². The van der Waals surface area contributed by atoms with Crippen molar-refractivity contribution in [2.75, 3.05) is 13.1 Å². The summed E-state index contributed by atoms with van der Waals surface area (Å²) in [5.41, 5.74) is 5.70. The first kappa shape index (κ1) is 12.3. The first-order chi connectivity index (χ1) is 7.99. The van der Waals surface area contributed by atoms with E-state index < -0.39 is 11.5 Å². The number of aliphatic carboxylic acids is 1. The van der Waals surface area contributed by atoms with Crippen molar-refractivity contribution in [3.05, 3.63) is 29.0 Å². The van der Waals surface area contributed by atoms with E-state index >= 15 is 0 Å². The number of carbonyl (C=O) groups is 1. The molecule has 1 saturated heterocycles. The predicted molar refractivity (Wildman–Crippen MR) is 63.7 cm³/mol. The molecule has 1 aliphatic rings. The van der Waals surface area contributed by atoms with Gasteiger partial charge in [0.05, 0.1) is 0 Å². The van der Waals surface area contributed by atoms with Crippen molar-refractivity contribution in [1.29, 1.82) is 0 Å². The molecule has 0 saturated carbocycles. The summed E-state index contributed by atoms with van der Waals surface area (Å²) < 4.78 is 0. The molecule has 2 rings (SSSR count). The number of hydrogen-bond acceptors (Lipinski definition) is 4. The molecule has 3 N–H and O–H groups in total. The van der Waals surface area contributed by atoms with Crippen molar-refractivity contribution >= 4 is 17.6 Å². The third-order valence-electron chi connectivity index (χ3n) is 3.00. The van der Waals surface area contributed by atoms with Crippen LogP contribution in [0.1, 0.15) is 12.0 Å². The topological polar surface area (TPSA) is 79.5 Å². The predicted octanol–water partition coefficient (Wildman–Crippen LogP) is 0.723. The zero-order valence-electron chi connectivity index (χ0n) is 9.27. The average Bonchev–Trinajstić information content (AvgIpc) is 2.61. The Hall–Kier alpha value is -1.17. The van der Waals surface area contributed by atoms with E-state index in [4.69, 9.17) is 22.4 Å². The molecule has 1 aromatic rings. The van der Waals surface area contributed by atoms with Gasteiger partial charge in [-0.1, -0.05) is 11.6 Å². The quantitative estimate of drug-likeness (QED) is 0.778. The third-order valence-corrected chi connectivity index (χ3v) is 3.21. The molecule has 0 spiro atoms. The number of nitrogens with two attached hydrogens (primary N) is 1. The van der Waals surface area contributed by atoms with Crippen molar-refractivity contribution in [3.8, 4) is 0 Å². The lowest BCUT2D eigenvalue weighted by Gasteiger charge is -2.20. The van der Waals surface area contributed by atoms with E-state index in [9.17, 15) is 4.79 Å². The van der Waals surface area contributed by atoms with E-state index in [1.165, 1.54) is 0 Å². The minimum absolute atomic E-state index is 0.363. The lowest BCUT2D eigenvalue weighted by molar-refractivity contribution is -0.142. The minimum Gasteiger partial charge on any atom is -0.480 e. The molecular formula is C11H14ClN3O2. The van der Waals surface area contributed by atoms with Gasteiger partial charge in [0, 0.05) is 25.8 Å². The van der Waals surface area contributed by atoms with E-state index in [2.05, 4.69) is 4.98 Å². The molecule has 1 aromatic heterocycles.